The molecule has 2 heterocycles. The van der Waals surface area contributed by atoms with Crippen LogP contribution in [0.25, 0.3) is 10.7 Å². The largest absolute Gasteiger partial charge is 0.378 e. The normalized spacial score (nSPS) is 15.8. The summed E-state index contributed by atoms with van der Waals surface area (Å²) in [5, 5.41) is 11.1. The lowest BCUT2D eigenvalue weighted by Gasteiger charge is -2.25. The van der Waals surface area contributed by atoms with Crippen molar-refractivity contribution in [1.29, 1.82) is 0 Å². The maximum Gasteiger partial charge on any atom is 0.145 e. The first kappa shape index (κ1) is 11.8. The lowest BCUT2D eigenvalue weighted by atomic mass is 9.96. The van der Waals surface area contributed by atoms with Gasteiger partial charge in [-0.3, -0.25) is 4.68 Å². The van der Waals surface area contributed by atoms with Gasteiger partial charge in [0.1, 0.15) is 10.7 Å². The zero-order chi connectivity index (χ0) is 12.2. The smallest absolute Gasteiger partial charge is 0.145 e. The van der Waals surface area contributed by atoms with E-state index < -0.39 is 0 Å². The SMILES string of the molecule is c1csc(-c2cn(CCCOC3CCC3)nn2)n1. The standard InChI is InChI=1S/C12H16N4OS/c1-3-10(4-1)17-7-2-6-16-9-11(14-15-16)12-13-5-8-18-12/h5,8-10H,1-4,6-7H2. The third-order valence-electron chi connectivity index (χ3n) is 3.13. The topological polar surface area (TPSA) is 52.8 Å². The fourth-order valence-electron chi connectivity index (χ4n) is 1.87. The summed E-state index contributed by atoms with van der Waals surface area (Å²) < 4.78 is 7.57. The molecular weight excluding hydrogens is 248 g/mol. The molecule has 0 saturated heterocycles. The Labute approximate surface area is 110 Å². The number of rotatable bonds is 6. The van der Waals surface area contributed by atoms with E-state index >= 15 is 0 Å². The molecule has 0 spiro atoms. The number of aryl methyl sites for hydroxylation is 1. The third-order valence-corrected chi connectivity index (χ3v) is 3.92. The second-order valence-corrected chi connectivity index (χ2v) is 5.38. The van der Waals surface area contributed by atoms with Crippen LogP contribution in [0.2, 0.25) is 0 Å². The van der Waals surface area contributed by atoms with Gasteiger partial charge in [0.05, 0.1) is 12.3 Å². The van der Waals surface area contributed by atoms with E-state index in [1.165, 1.54) is 19.3 Å². The Bertz CT molecular complexity index is 478. The van der Waals surface area contributed by atoms with Gasteiger partial charge in [0.2, 0.25) is 0 Å². The van der Waals surface area contributed by atoms with Gasteiger partial charge in [-0.05, 0) is 25.7 Å². The molecule has 0 aromatic carbocycles. The van der Waals surface area contributed by atoms with Crippen LogP contribution in [0.4, 0.5) is 0 Å². The lowest BCUT2D eigenvalue weighted by Crippen LogP contribution is -2.22. The quantitative estimate of drug-likeness (QED) is 0.752. The van der Waals surface area contributed by atoms with Crippen molar-refractivity contribution in [3.63, 3.8) is 0 Å². The number of hydrogen-bond acceptors (Lipinski definition) is 5. The summed E-state index contributed by atoms with van der Waals surface area (Å²) in [7, 11) is 0. The number of nitrogens with zero attached hydrogens (tertiary/aromatic N) is 4. The van der Waals surface area contributed by atoms with Crippen molar-refractivity contribution in [3.05, 3.63) is 17.8 Å². The molecule has 0 aliphatic heterocycles. The van der Waals surface area contributed by atoms with Crippen molar-refractivity contribution in [1.82, 2.24) is 20.0 Å². The first-order valence-electron chi connectivity index (χ1n) is 6.33. The van der Waals surface area contributed by atoms with E-state index in [1.54, 1.807) is 17.5 Å². The van der Waals surface area contributed by atoms with Crippen LogP contribution in [0.5, 0.6) is 0 Å². The van der Waals surface area contributed by atoms with Crippen LogP contribution >= 0.6 is 11.3 Å². The Kier molecular flexibility index (Phi) is 3.66. The molecule has 3 rings (SSSR count). The van der Waals surface area contributed by atoms with Crippen LogP contribution in [0.3, 0.4) is 0 Å². The van der Waals surface area contributed by atoms with Gasteiger partial charge in [-0.15, -0.1) is 16.4 Å². The van der Waals surface area contributed by atoms with Crippen molar-refractivity contribution in [2.45, 2.75) is 38.3 Å². The zero-order valence-electron chi connectivity index (χ0n) is 10.2. The fourth-order valence-corrected chi connectivity index (χ4v) is 2.46. The molecular formula is C12H16N4OS. The molecule has 1 saturated carbocycles. The predicted octanol–water partition coefficient (Wildman–Crippen LogP) is 2.36. The number of aromatic nitrogens is 4. The van der Waals surface area contributed by atoms with Crippen molar-refractivity contribution < 1.29 is 4.74 Å². The van der Waals surface area contributed by atoms with E-state index in [9.17, 15) is 0 Å². The summed E-state index contributed by atoms with van der Waals surface area (Å²) in [6, 6.07) is 0. The van der Waals surface area contributed by atoms with Crippen molar-refractivity contribution in [3.8, 4) is 10.7 Å². The Balaban J connectivity index is 1.45. The van der Waals surface area contributed by atoms with Crippen LogP contribution in [-0.2, 0) is 11.3 Å². The maximum absolute atomic E-state index is 5.71. The average molecular weight is 264 g/mol. The molecule has 96 valence electrons. The van der Waals surface area contributed by atoms with E-state index in [0.29, 0.717) is 6.10 Å². The van der Waals surface area contributed by atoms with Crippen LogP contribution < -0.4 is 0 Å². The van der Waals surface area contributed by atoms with Crippen molar-refractivity contribution >= 4 is 11.3 Å². The monoisotopic (exact) mass is 264 g/mol. The Morgan fingerprint density at radius 1 is 1.44 bits per heavy atom. The Hall–Kier alpha value is -1.27. The molecule has 0 N–H and O–H groups in total. The molecule has 6 heteroatoms. The van der Waals surface area contributed by atoms with Crippen LogP contribution in [-0.4, -0.2) is 32.7 Å². The second-order valence-electron chi connectivity index (χ2n) is 4.48. The molecule has 0 atom stereocenters. The van der Waals surface area contributed by atoms with Gasteiger partial charge in [-0.2, -0.15) is 0 Å². The van der Waals surface area contributed by atoms with Crippen LogP contribution in [0.15, 0.2) is 17.8 Å². The number of thiazole rings is 1. The maximum atomic E-state index is 5.71. The highest BCUT2D eigenvalue weighted by molar-refractivity contribution is 7.13. The molecule has 0 radical (unpaired) electrons. The highest BCUT2D eigenvalue weighted by Crippen LogP contribution is 2.22. The summed E-state index contributed by atoms with van der Waals surface area (Å²) in [5.74, 6) is 0. The van der Waals surface area contributed by atoms with Gasteiger partial charge in [0.15, 0.2) is 0 Å². The number of ether oxygens (including phenoxy) is 1. The summed E-state index contributed by atoms with van der Waals surface area (Å²) in [5.41, 5.74) is 0.852. The Morgan fingerprint density at radius 3 is 3.11 bits per heavy atom. The van der Waals surface area contributed by atoms with Crippen LogP contribution in [0, 0.1) is 0 Å². The molecule has 0 bridgehead atoms. The molecule has 18 heavy (non-hydrogen) atoms. The fraction of sp³-hybridized carbons (Fsp3) is 0.583. The van der Waals surface area contributed by atoms with Gasteiger partial charge in [-0.25, -0.2) is 4.98 Å². The first-order chi connectivity index (χ1) is 8.92. The second kappa shape index (κ2) is 5.58. The van der Waals surface area contributed by atoms with Crippen LogP contribution in [0.1, 0.15) is 25.7 Å². The summed E-state index contributed by atoms with van der Waals surface area (Å²) in [6.07, 6.45) is 9.02. The van der Waals surface area contributed by atoms with Crippen molar-refractivity contribution in [2.75, 3.05) is 6.61 Å². The highest BCUT2D eigenvalue weighted by Gasteiger charge is 2.17. The summed E-state index contributed by atoms with van der Waals surface area (Å²) in [4.78, 5) is 4.22. The van der Waals surface area contributed by atoms with E-state index in [-0.39, 0.29) is 0 Å². The molecule has 2 aromatic heterocycles. The van der Waals surface area contributed by atoms with Gasteiger partial charge >= 0.3 is 0 Å². The minimum absolute atomic E-state index is 0.520. The Morgan fingerprint density at radius 2 is 2.39 bits per heavy atom. The minimum atomic E-state index is 0.520. The molecule has 2 aromatic rings. The van der Waals surface area contributed by atoms with Gasteiger partial charge in [-0.1, -0.05) is 5.21 Å². The predicted molar refractivity (Wildman–Crippen MR) is 69.3 cm³/mol. The van der Waals surface area contributed by atoms with Gasteiger partial charge < -0.3 is 4.74 Å². The molecule has 5 nitrogen and oxygen atoms in total. The molecule has 0 unspecified atom stereocenters. The van der Waals surface area contributed by atoms with E-state index in [4.69, 9.17) is 4.74 Å². The first-order valence-corrected chi connectivity index (χ1v) is 7.21. The zero-order valence-corrected chi connectivity index (χ0v) is 11.0. The molecule has 1 aliphatic rings. The third kappa shape index (κ3) is 2.76. The van der Waals surface area contributed by atoms with E-state index in [2.05, 4.69) is 15.3 Å². The molecule has 1 fully saturated rings. The summed E-state index contributed by atoms with van der Waals surface area (Å²) >= 11 is 1.58. The van der Waals surface area contributed by atoms with E-state index in [0.717, 1.165) is 30.3 Å². The van der Waals surface area contributed by atoms with E-state index in [1.807, 2.05) is 16.3 Å². The van der Waals surface area contributed by atoms with Gasteiger partial charge in [0, 0.05) is 24.7 Å². The average Bonchev–Trinajstić information content (AvgIpc) is 2.96. The lowest BCUT2D eigenvalue weighted by molar-refractivity contribution is -0.000172. The van der Waals surface area contributed by atoms with Crippen molar-refractivity contribution in [2.24, 2.45) is 0 Å². The number of hydrogen-bond donors (Lipinski definition) is 0. The summed E-state index contributed by atoms with van der Waals surface area (Å²) in [6.45, 7) is 1.67. The van der Waals surface area contributed by atoms with Gasteiger partial charge in [0.25, 0.3) is 0 Å². The minimum Gasteiger partial charge on any atom is -0.378 e. The molecule has 0 amide bonds. The highest BCUT2D eigenvalue weighted by atomic mass is 32.1. The molecule has 1 aliphatic carbocycles.